The van der Waals surface area contributed by atoms with Crippen molar-refractivity contribution < 1.29 is 16.8 Å². The Morgan fingerprint density at radius 3 is 1.90 bits per heavy atom. The van der Waals surface area contributed by atoms with Crippen LogP contribution in [0.2, 0.25) is 5.02 Å². The van der Waals surface area contributed by atoms with Crippen molar-refractivity contribution in [2.45, 2.75) is 23.6 Å². The fourth-order valence-corrected chi connectivity index (χ4v) is 4.38. The summed E-state index contributed by atoms with van der Waals surface area (Å²) < 4.78 is 52.3. The molecule has 0 atom stereocenters. The lowest BCUT2D eigenvalue weighted by Crippen LogP contribution is -2.26. The molecule has 1 aromatic rings. The maximum absolute atomic E-state index is 12.0. The molecular formula is C10H16ClN3O4S2. The monoisotopic (exact) mass is 341 g/mol. The first kappa shape index (κ1) is 17.2. The summed E-state index contributed by atoms with van der Waals surface area (Å²) in [5.74, 6) is 0. The van der Waals surface area contributed by atoms with Crippen molar-refractivity contribution in [1.82, 2.24) is 9.44 Å². The summed E-state index contributed by atoms with van der Waals surface area (Å²) in [5, 5.41) is -0.140. The van der Waals surface area contributed by atoms with Gasteiger partial charge in [-0.3, -0.25) is 0 Å². The third-order valence-corrected chi connectivity index (χ3v) is 5.92. The largest absolute Gasteiger partial charge is 0.398 e. The van der Waals surface area contributed by atoms with E-state index in [1.807, 2.05) is 0 Å². The van der Waals surface area contributed by atoms with Gasteiger partial charge in [-0.15, -0.1) is 0 Å². The van der Waals surface area contributed by atoms with E-state index in [9.17, 15) is 16.8 Å². The lowest BCUT2D eigenvalue weighted by molar-refractivity contribution is 0.582. The van der Waals surface area contributed by atoms with Gasteiger partial charge in [0, 0.05) is 13.1 Å². The lowest BCUT2D eigenvalue weighted by Gasteiger charge is -2.12. The molecule has 20 heavy (non-hydrogen) atoms. The second-order valence-electron chi connectivity index (χ2n) is 3.82. The van der Waals surface area contributed by atoms with Crippen LogP contribution in [0.15, 0.2) is 21.9 Å². The zero-order valence-electron chi connectivity index (χ0n) is 11.0. The third-order valence-electron chi connectivity index (χ3n) is 2.31. The molecule has 0 fully saturated rings. The summed E-state index contributed by atoms with van der Waals surface area (Å²) in [5.41, 5.74) is 5.49. The summed E-state index contributed by atoms with van der Waals surface area (Å²) in [6.07, 6.45) is 0. The van der Waals surface area contributed by atoms with Crippen LogP contribution in [0.25, 0.3) is 0 Å². The van der Waals surface area contributed by atoms with Crippen LogP contribution in [0.4, 0.5) is 5.69 Å². The standard InChI is InChI=1S/C10H16ClN3O4S2/c1-3-13-19(15,16)9-6-10(8(12)5-7(9)11)20(17,18)14-4-2/h5-6,13-14H,3-4,12H2,1-2H3. The first-order valence-electron chi connectivity index (χ1n) is 5.74. The second-order valence-corrected chi connectivity index (χ2v) is 7.70. The highest BCUT2D eigenvalue weighted by Crippen LogP contribution is 2.29. The van der Waals surface area contributed by atoms with Gasteiger partial charge in [-0.25, -0.2) is 26.3 Å². The number of benzene rings is 1. The Morgan fingerprint density at radius 1 is 1.00 bits per heavy atom. The number of hydrogen-bond acceptors (Lipinski definition) is 5. The summed E-state index contributed by atoms with van der Waals surface area (Å²) >= 11 is 5.83. The molecule has 0 bridgehead atoms. The Morgan fingerprint density at radius 2 is 1.45 bits per heavy atom. The van der Waals surface area contributed by atoms with E-state index in [0.717, 1.165) is 12.1 Å². The van der Waals surface area contributed by atoms with Gasteiger partial charge in [-0.1, -0.05) is 25.4 Å². The van der Waals surface area contributed by atoms with Crippen LogP contribution in [0.1, 0.15) is 13.8 Å². The number of nitrogens with two attached hydrogens (primary N) is 1. The Labute approximate surface area is 123 Å². The van der Waals surface area contributed by atoms with Crippen LogP contribution in [0.3, 0.4) is 0 Å². The zero-order chi connectivity index (χ0) is 15.6. The fraction of sp³-hybridized carbons (Fsp3) is 0.400. The maximum Gasteiger partial charge on any atom is 0.242 e. The summed E-state index contributed by atoms with van der Waals surface area (Å²) in [6, 6.07) is 2.06. The minimum absolute atomic E-state index is 0.119. The number of anilines is 1. The molecule has 0 radical (unpaired) electrons. The van der Waals surface area contributed by atoms with E-state index in [1.54, 1.807) is 13.8 Å². The van der Waals surface area contributed by atoms with Crippen molar-refractivity contribution in [3.05, 3.63) is 17.2 Å². The van der Waals surface area contributed by atoms with Crippen molar-refractivity contribution in [1.29, 1.82) is 0 Å². The van der Waals surface area contributed by atoms with E-state index in [1.165, 1.54) is 0 Å². The van der Waals surface area contributed by atoms with Crippen molar-refractivity contribution in [3.8, 4) is 0 Å². The highest BCUT2D eigenvalue weighted by molar-refractivity contribution is 7.90. The molecule has 0 spiro atoms. The molecule has 1 rings (SSSR count). The molecule has 0 aromatic heterocycles. The third kappa shape index (κ3) is 3.61. The smallest absolute Gasteiger partial charge is 0.242 e. The molecule has 0 aliphatic carbocycles. The number of nitrogen functional groups attached to an aromatic ring is 1. The molecule has 10 heteroatoms. The minimum atomic E-state index is -3.89. The average molecular weight is 342 g/mol. The van der Waals surface area contributed by atoms with E-state index >= 15 is 0 Å². The highest BCUT2D eigenvalue weighted by atomic mass is 35.5. The van der Waals surface area contributed by atoms with Crippen molar-refractivity contribution in [2.24, 2.45) is 0 Å². The molecule has 0 heterocycles. The first-order chi connectivity index (χ1) is 9.15. The van der Waals surface area contributed by atoms with Crippen LogP contribution in [-0.4, -0.2) is 29.9 Å². The predicted molar refractivity (Wildman–Crippen MR) is 77.6 cm³/mol. The van der Waals surface area contributed by atoms with Gasteiger partial charge in [0.05, 0.1) is 10.7 Å². The normalized spacial score (nSPS) is 12.6. The van der Waals surface area contributed by atoms with Crippen molar-refractivity contribution in [2.75, 3.05) is 18.8 Å². The van der Waals surface area contributed by atoms with E-state index in [0.29, 0.717) is 0 Å². The molecule has 0 unspecified atom stereocenters. The molecule has 0 amide bonds. The van der Waals surface area contributed by atoms with E-state index in [-0.39, 0.29) is 33.6 Å². The number of sulfonamides is 2. The number of rotatable bonds is 6. The van der Waals surface area contributed by atoms with Gasteiger partial charge in [0.2, 0.25) is 20.0 Å². The molecular weight excluding hydrogens is 326 g/mol. The molecule has 114 valence electrons. The Kier molecular flexibility index (Phi) is 5.39. The topological polar surface area (TPSA) is 118 Å². The molecule has 0 saturated heterocycles. The van der Waals surface area contributed by atoms with Gasteiger partial charge in [-0.05, 0) is 12.1 Å². The molecule has 0 aliphatic heterocycles. The Hall–Kier alpha value is -0.870. The van der Waals surface area contributed by atoms with Gasteiger partial charge >= 0.3 is 0 Å². The Bertz CT molecular complexity index is 644. The molecule has 1 aromatic carbocycles. The number of hydrogen-bond donors (Lipinski definition) is 3. The van der Waals surface area contributed by atoms with Gasteiger partial charge < -0.3 is 5.73 Å². The SMILES string of the molecule is CCNS(=O)(=O)c1cc(S(=O)(=O)NCC)c(Cl)cc1N. The lowest BCUT2D eigenvalue weighted by atomic mass is 10.3. The summed E-state index contributed by atoms with van der Waals surface area (Å²) in [7, 11) is -7.77. The minimum Gasteiger partial charge on any atom is -0.398 e. The summed E-state index contributed by atoms with van der Waals surface area (Å²) in [4.78, 5) is -0.646. The molecule has 4 N–H and O–H groups in total. The van der Waals surface area contributed by atoms with E-state index in [4.69, 9.17) is 17.3 Å². The van der Waals surface area contributed by atoms with Gasteiger partial charge in [0.15, 0.2) is 0 Å². The van der Waals surface area contributed by atoms with Crippen molar-refractivity contribution in [3.63, 3.8) is 0 Å². The van der Waals surface area contributed by atoms with Crippen LogP contribution in [0, 0.1) is 0 Å². The van der Waals surface area contributed by atoms with E-state index in [2.05, 4.69) is 9.44 Å². The first-order valence-corrected chi connectivity index (χ1v) is 9.08. The van der Waals surface area contributed by atoms with Crippen LogP contribution in [0.5, 0.6) is 0 Å². The zero-order valence-corrected chi connectivity index (χ0v) is 13.4. The van der Waals surface area contributed by atoms with Crippen LogP contribution in [-0.2, 0) is 20.0 Å². The average Bonchev–Trinajstić information content (AvgIpc) is 2.27. The Balaban J connectivity index is 3.53. The number of halogens is 1. The van der Waals surface area contributed by atoms with Gasteiger partial charge in [0.1, 0.15) is 9.79 Å². The number of nitrogens with one attached hydrogen (secondary N) is 2. The fourth-order valence-electron chi connectivity index (χ4n) is 1.52. The van der Waals surface area contributed by atoms with Crippen LogP contribution < -0.4 is 15.2 Å². The van der Waals surface area contributed by atoms with Crippen molar-refractivity contribution >= 4 is 37.3 Å². The van der Waals surface area contributed by atoms with Crippen LogP contribution >= 0.6 is 11.6 Å². The molecule has 0 aliphatic rings. The van der Waals surface area contributed by atoms with Gasteiger partial charge in [0.25, 0.3) is 0 Å². The second kappa shape index (κ2) is 6.27. The van der Waals surface area contributed by atoms with E-state index < -0.39 is 20.0 Å². The van der Waals surface area contributed by atoms with Gasteiger partial charge in [-0.2, -0.15) is 0 Å². The highest BCUT2D eigenvalue weighted by Gasteiger charge is 2.24. The summed E-state index contributed by atoms with van der Waals surface area (Å²) in [6.45, 7) is 3.50. The quantitative estimate of drug-likeness (QED) is 0.652. The molecule has 0 saturated carbocycles. The predicted octanol–water partition coefficient (Wildman–Crippen LogP) is 0.519. The maximum atomic E-state index is 12.0. The molecule has 7 nitrogen and oxygen atoms in total.